The maximum absolute atomic E-state index is 11.5. The predicted molar refractivity (Wildman–Crippen MR) is 85.1 cm³/mol. The molecule has 1 amide bonds. The monoisotopic (exact) mass is 347 g/mol. The van der Waals surface area contributed by atoms with Gasteiger partial charge in [-0.2, -0.15) is 0 Å². The molecule has 0 aromatic heterocycles. The second kappa shape index (κ2) is 10.6. The highest BCUT2D eigenvalue weighted by atomic mass is 16.7. The Balaban J connectivity index is 2.75. The molecule has 0 unspecified atom stereocenters. The van der Waals surface area contributed by atoms with E-state index in [9.17, 15) is 14.7 Å². The normalized spacial score (nSPS) is 30.0. The lowest BCUT2D eigenvalue weighted by atomic mass is 9.88. The van der Waals surface area contributed by atoms with Gasteiger partial charge in [0, 0.05) is 26.4 Å². The second-order valence-electron chi connectivity index (χ2n) is 5.87. The van der Waals surface area contributed by atoms with Crippen LogP contribution in [0.1, 0.15) is 34.1 Å². The van der Waals surface area contributed by atoms with Crippen molar-refractivity contribution in [2.24, 2.45) is 5.92 Å². The number of amides is 1. The molecule has 140 valence electrons. The van der Waals surface area contributed by atoms with Crippen molar-refractivity contribution in [3.05, 3.63) is 0 Å². The van der Waals surface area contributed by atoms with Crippen molar-refractivity contribution >= 4 is 11.9 Å². The van der Waals surface area contributed by atoms with Gasteiger partial charge in [-0.1, -0.05) is 13.8 Å². The van der Waals surface area contributed by atoms with E-state index in [1.54, 1.807) is 0 Å². The fourth-order valence-electron chi connectivity index (χ4n) is 2.69. The summed E-state index contributed by atoms with van der Waals surface area (Å²) in [6.07, 6.45) is -1.21. The van der Waals surface area contributed by atoms with Crippen LogP contribution in [0.3, 0.4) is 0 Å². The number of carbonyl (C=O) groups excluding carboxylic acids is 2. The molecule has 0 aromatic rings. The van der Waals surface area contributed by atoms with Gasteiger partial charge in [-0.25, -0.2) is 0 Å². The van der Waals surface area contributed by atoms with Crippen molar-refractivity contribution in [1.29, 1.82) is 0 Å². The summed E-state index contributed by atoms with van der Waals surface area (Å²) in [5, 5.41) is 12.3. The highest BCUT2D eigenvalue weighted by molar-refractivity contribution is 5.73. The lowest BCUT2D eigenvalue weighted by molar-refractivity contribution is -0.263. The number of esters is 1. The summed E-state index contributed by atoms with van der Waals surface area (Å²) in [6.45, 7) is 7.56. The van der Waals surface area contributed by atoms with Crippen molar-refractivity contribution in [2.45, 2.75) is 58.7 Å². The van der Waals surface area contributed by atoms with Crippen LogP contribution in [0.5, 0.6) is 0 Å². The summed E-state index contributed by atoms with van der Waals surface area (Å²) in [4.78, 5) is 22.8. The molecule has 0 spiro atoms. The number of aliphatic hydroxyl groups is 1. The minimum atomic E-state index is -0.752. The highest BCUT2D eigenvalue weighted by Gasteiger charge is 2.46. The Bertz CT molecular complexity index is 404. The highest BCUT2D eigenvalue weighted by Crippen LogP contribution is 2.29. The van der Waals surface area contributed by atoms with Gasteiger partial charge < -0.3 is 29.4 Å². The molecule has 8 heteroatoms. The Kier molecular flexibility index (Phi) is 9.20. The van der Waals surface area contributed by atoms with E-state index in [-0.39, 0.29) is 18.4 Å². The van der Waals surface area contributed by atoms with Crippen LogP contribution in [0.2, 0.25) is 0 Å². The van der Waals surface area contributed by atoms with Gasteiger partial charge in [0.15, 0.2) is 6.29 Å². The van der Waals surface area contributed by atoms with E-state index in [1.165, 1.54) is 13.8 Å². The molecule has 0 aliphatic carbocycles. The molecule has 5 atom stereocenters. The maximum atomic E-state index is 11.5. The Morgan fingerprint density at radius 3 is 2.46 bits per heavy atom. The van der Waals surface area contributed by atoms with Crippen LogP contribution < -0.4 is 5.32 Å². The van der Waals surface area contributed by atoms with Crippen molar-refractivity contribution in [3.8, 4) is 0 Å². The molecule has 24 heavy (non-hydrogen) atoms. The molecule has 2 N–H and O–H groups in total. The van der Waals surface area contributed by atoms with Gasteiger partial charge >= 0.3 is 5.97 Å². The van der Waals surface area contributed by atoms with Gasteiger partial charge in [0.05, 0.1) is 25.9 Å². The summed E-state index contributed by atoms with van der Waals surface area (Å²) in [5.41, 5.74) is 0. The first kappa shape index (κ1) is 20.8. The first-order chi connectivity index (χ1) is 11.4. The number of nitrogens with one attached hydrogen (secondary N) is 1. The van der Waals surface area contributed by atoms with Crippen LogP contribution in [-0.4, -0.2) is 68.0 Å². The average molecular weight is 347 g/mol. The fourth-order valence-corrected chi connectivity index (χ4v) is 2.69. The summed E-state index contributed by atoms with van der Waals surface area (Å²) in [6, 6.07) is -0.499. The minimum Gasteiger partial charge on any atom is -0.459 e. The van der Waals surface area contributed by atoms with Crippen LogP contribution >= 0.6 is 0 Å². The van der Waals surface area contributed by atoms with E-state index in [0.29, 0.717) is 19.8 Å². The third-order valence-electron chi connectivity index (χ3n) is 3.76. The lowest BCUT2D eigenvalue weighted by Crippen LogP contribution is -2.61. The third-order valence-corrected chi connectivity index (χ3v) is 3.76. The van der Waals surface area contributed by atoms with Gasteiger partial charge in [0.2, 0.25) is 5.91 Å². The minimum absolute atomic E-state index is 0.240. The van der Waals surface area contributed by atoms with Gasteiger partial charge in [0.25, 0.3) is 0 Å². The second-order valence-corrected chi connectivity index (χ2v) is 5.87. The van der Waals surface area contributed by atoms with E-state index in [1.807, 2.05) is 13.8 Å². The summed E-state index contributed by atoms with van der Waals surface area (Å²) in [5.74, 6) is -0.997. The van der Waals surface area contributed by atoms with Crippen molar-refractivity contribution in [3.63, 3.8) is 0 Å². The largest absolute Gasteiger partial charge is 0.459 e. The van der Waals surface area contributed by atoms with Gasteiger partial charge in [-0.05, 0) is 6.42 Å². The number of hydrogen-bond donors (Lipinski definition) is 2. The molecule has 0 radical (unpaired) electrons. The molecule has 1 fully saturated rings. The molecular formula is C16H29NO7. The van der Waals surface area contributed by atoms with E-state index in [0.717, 1.165) is 6.42 Å². The molecule has 1 heterocycles. The van der Waals surface area contributed by atoms with E-state index >= 15 is 0 Å². The Morgan fingerprint density at radius 2 is 1.92 bits per heavy atom. The third kappa shape index (κ3) is 6.35. The average Bonchev–Trinajstić information content (AvgIpc) is 2.52. The first-order valence-electron chi connectivity index (χ1n) is 8.30. The molecule has 0 aromatic carbocycles. The standard InChI is InChI=1S/C16H29NO7/c1-5-6-21-7-8-22-16-14(17-11(3)19)10(2)15(23-12(4)20)13(9-18)24-16/h10,13-16,18H,5-9H2,1-4H3,(H,17,19)/t10-,13-,14-,15-,16-/m1/s1. The number of aliphatic hydroxyl groups excluding tert-OH is 1. The molecule has 1 aliphatic rings. The van der Waals surface area contributed by atoms with Crippen molar-refractivity contribution < 1.29 is 33.6 Å². The maximum Gasteiger partial charge on any atom is 0.303 e. The topological polar surface area (TPSA) is 103 Å². The fraction of sp³-hybridized carbons (Fsp3) is 0.875. The van der Waals surface area contributed by atoms with E-state index in [2.05, 4.69) is 5.32 Å². The Morgan fingerprint density at radius 1 is 1.21 bits per heavy atom. The van der Waals surface area contributed by atoms with Crippen molar-refractivity contribution in [2.75, 3.05) is 26.4 Å². The summed E-state index contributed by atoms with van der Waals surface area (Å²) in [7, 11) is 0. The molecule has 1 aliphatic heterocycles. The predicted octanol–water partition coefficient (Wildman–Crippen LogP) is 0.219. The van der Waals surface area contributed by atoms with Gasteiger partial charge in [0.1, 0.15) is 12.2 Å². The van der Waals surface area contributed by atoms with Crippen LogP contribution in [0.25, 0.3) is 0 Å². The molecular weight excluding hydrogens is 318 g/mol. The Hall–Kier alpha value is -1.22. The van der Waals surface area contributed by atoms with E-state index in [4.69, 9.17) is 18.9 Å². The number of carbonyl (C=O) groups is 2. The van der Waals surface area contributed by atoms with E-state index < -0.39 is 30.5 Å². The number of hydrogen-bond acceptors (Lipinski definition) is 7. The van der Waals surface area contributed by atoms with Crippen LogP contribution in [0, 0.1) is 5.92 Å². The zero-order valence-corrected chi connectivity index (χ0v) is 14.8. The van der Waals surface area contributed by atoms with Crippen LogP contribution in [0.15, 0.2) is 0 Å². The quantitative estimate of drug-likeness (QED) is 0.454. The lowest BCUT2D eigenvalue weighted by Gasteiger charge is -2.44. The number of rotatable bonds is 9. The zero-order chi connectivity index (χ0) is 18.1. The molecule has 0 bridgehead atoms. The van der Waals surface area contributed by atoms with Gasteiger partial charge in [-0.3, -0.25) is 9.59 Å². The van der Waals surface area contributed by atoms with Crippen LogP contribution in [-0.2, 0) is 28.5 Å². The molecule has 8 nitrogen and oxygen atoms in total. The van der Waals surface area contributed by atoms with Gasteiger partial charge in [-0.15, -0.1) is 0 Å². The zero-order valence-electron chi connectivity index (χ0n) is 14.8. The Labute approximate surface area is 142 Å². The molecule has 0 saturated carbocycles. The molecule has 1 saturated heterocycles. The number of ether oxygens (including phenoxy) is 4. The summed E-state index contributed by atoms with van der Waals surface area (Å²) < 4.78 is 22.0. The van der Waals surface area contributed by atoms with Crippen LogP contribution in [0.4, 0.5) is 0 Å². The molecule has 1 rings (SSSR count). The first-order valence-corrected chi connectivity index (χ1v) is 8.30. The van der Waals surface area contributed by atoms with Crippen molar-refractivity contribution in [1.82, 2.24) is 5.32 Å². The summed E-state index contributed by atoms with van der Waals surface area (Å²) >= 11 is 0. The SMILES string of the molecule is CCCOCCO[C@@H]1O[C@H](CO)[C@H](OC(C)=O)[C@H](C)[C@H]1NC(C)=O. The smallest absolute Gasteiger partial charge is 0.303 e.